The predicted molar refractivity (Wildman–Crippen MR) is 109 cm³/mol. The van der Waals surface area contributed by atoms with Crippen LogP contribution < -0.4 is 4.57 Å². The fraction of sp³-hybridized carbons (Fsp3) is 0.0800. The summed E-state index contributed by atoms with van der Waals surface area (Å²) in [6, 6.07) is 26.3. The number of aryl methyl sites for hydroxylation is 2. The van der Waals surface area contributed by atoms with Gasteiger partial charge in [0.15, 0.2) is 6.20 Å². The van der Waals surface area contributed by atoms with E-state index < -0.39 is 0 Å². The first-order valence-electron chi connectivity index (χ1n) is 9.02. The molecule has 0 fully saturated rings. The molecule has 1 heterocycles. The second-order valence-corrected chi connectivity index (χ2v) is 7.04. The summed E-state index contributed by atoms with van der Waals surface area (Å²) in [5.41, 5.74) is 9.07. The van der Waals surface area contributed by atoms with Crippen LogP contribution in [0.5, 0.6) is 0 Å². The molecule has 0 saturated carbocycles. The predicted octanol–water partition coefficient (Wildman–Crippen LogP) is 5.54. The average molecular weight is 334 g/mol. The van der Waals surface area contributed by atoms with Gasteiger partial charge in [-0.3, -0.25) is 0 Å². The number of benzene rings is 3. The van der Waals surface area contributed by atoms with Crippen LogP contribution in [0, 0.1) is 6.92 Å². The summed E-state index contributed by atoms with van der Waals surface area (Å²) in [6.45, 7) is 2.19. The lowest BCUT2D eigenvalue weighted by Gasteiger charge is -2.10. The topological polar surface area (TPSA) is 3.88 Å². The van der Waals surface area contributed by atoms with Crippen LogP contribution in [0.25, 0.3) is 33.7 Å². The smallest absolute Gasteiger partial charge is 0.201 e. The molecule has 1 nitrogen and oxygen atoms in total. The maximum Gasteiger partial charge on any atom is 0.212 e. The van der Waals surface area contributed by atoms with Crippen LogP contribution in [0.15, 0.2) is 79.0 Å². The van der Waals surface area contributed by atoms with Crippen molar-refractivity contribution in [3.8, 4) is 11.3 Å². The van der Waals surface area contributed by atoms with Crippen LogP contribution in [0.2, 0.25) is 0 Å². The molecule has 0 unspecified atom stereocenters. The SMILES string of the molecule is Cc1ccc(C2=Cc3cccc4cccc2c34)cc1-c1cccc[n+]1C. The molecule has 0 saturated heterocycles. The zero-order valence-electron chi connectivity index (χ0n) is 15.0. The molecule has 0 aliphatic heterocycles. The number of hydrogen-bond donors (Lipinski definition) is 0. The van der Waals surface area contributed by atoms with E-state index in [1.54, 1.807) is 0 Å². The maximum absolute atomic E-state index is 2.33. The highest BCUT2D eigenvalue weighted by molar-refractivity contribution is 6.12. The Bertz CT molecular complexity index is 1190. The molecule has 3 aromatic carbocycles. The molecule has 1 aliphatic rings. The zero-order valence-corrected chi connectivity index (χ0v) is 15.0. The Balaban J connectivity index is 1.71. The molecule has 26 heavy (non-hydrogen) atoms. The lowest BCUT2D eigenvalue weighted by molar-refractivity contribution is -0.660. The van der Waals surface area contributed by atoms with Crippen LogP contribution in [0.1, 0.15) is 22.3 Å². The van der Waals surface area contributed by atoms with E-state index in [0.717, 1.165) is 0 Å². The third-order valence-corrected chi connectivity index (χ3v) is 5.41. The van der Waals surface area contributed by atoms with Crippen LogP contribution in [0.3, 0.4) is 0 Å². The van der Waals surface area contributed by atoms with Crippen molar-refractivity contribution in [1.29, 1.82) is 0 Å². The number of nitrogens with zero attached hydrogens (tertiary/aromatic N) is 1. The van der Waals surface area contributed by atoms with E-state index in [1.807, 2.05) is 0 Å². The molecule has 0 amide bonds. The fourth-order valence-electron chi connectivity index (χ4n) is 4.06. The molecule has 124 valence electrons. The van der Waals surface area contributed by atoms with Gasteiger partial charge in [0.2, 0.25) is 5.69 Å². The van der Waals surface area contributed by atoms with Gasteiger partial charge in [-0.15, -0.1) is 0 Å². The van der Waals surface area contributed by atoms with E-state index in [0.29, 0.717) is 0 Å². The van der Waals surface area contributed by atoms with E-state index in [4.69, 9.17) is 0 Å². The summed E-state index contributed by atoms with van der Waals surface area (Å²) in [5, 5.41) is 2.69. The summed E-state index contributed by atoms with van der Waals surface area (Å²) in [4.78, 5) is 0. The van der Waals surface area contributed by atoms with Crippen molar-refractivity contribution >= 4 is 22.4 Å². The Hall–Kier alpha value is -3.19. The molecule has 0 spiro atoms. The van der Waals surface area contributed by atoms with Gasteiger partial charge < -0.3 is 0 Å². The van der Waals surface area contributed by atoms with E-state index in [2.05, 4.69) is 104 Å². The van der Waals surface area contributed by atoms with Gasteiger partial charge in [-0.2, -0.15) is 0 Å². The fourth-order valence-corrected chi connectivity index (χ4v) is 4.06. The quantitative estimate of drug-likeness (QED) is 0.373. The van der Waals surface area contributed by atoms with Crippen molar-refractivity contribution in [3.63, 3.8) is 0 Å². The van der Waals surface area contributed by atoms with E-state index in [1.165, 1.54) is 49.9 Å². The van der Waals surface area contributed by atoms with Gasteiger partial charge in [0, 0.05) is 17.7 Å². The molecule has 0 atom stereocenters. The van der Waals surface area contributed by atoms with Gasteiger partial charge >= 0.3 is 0 Å². The van der Waals surface area contributed by atoms with Gasteiger partial charge in [0.1, 0.15) is 7.05 Å². The van der Waals surface area contributed by atoms with Gasteiger partial charge in [-0.05, 0) is 63.7 Å². The van der Waals surface area contributed by atoms with Crippen molar-refractivity contribution < 1.29 is 4.57 Å². The lowest BCUT2D eigenvalue weighted by Crippen LogP contribution is -2.30. The highest BCUT2D eigenvalue weighted by Gasteiger charge is 2.19. The monoisotopic (exact) mass is 334 g/mol. The van der Waals surface area contributed by atoms with Crippen molar-refractivity contribution in [3.05, 3.63) is 101 Å². The molecular formula is C25H20N+. The second-order valence-electron chi connectivity index (χ2n) is 7.04. The Morgan fingerprint density at radius 3 is 2.46 bits per heavy atom. The maximum atomic E-state index is 2.33. The van der Waals surface area contributed by atoms with Crippen molar-refractivity contribution in [2.24, 2.45) is 7.05 Å². The summed E-state index contributed by atoms with van der Waals surface area (Å²) in [7, 11) is 2.10. The molecule has 1 aliphatic carbocycles. The Kier molecular flexibility index (Phi) is 3.29. The van der Waals surface area contributed by atoms with Crippen molar-refractivity contribution in [1.82, 2.24) is 0 Å². The van der Waals surface area contributed by atoms with Gasteiger partial charge in [-0.25, -0.2) is 4.57 Å². The number of hydrogen-bond acceptors (Lipinski definition) is 0. The van der Waals surface area contributed by atoms with Crippen LogP contribution in [-0.2, 0) is 7.05 Å². The number of rotatable bonds is 2. The molecule has 4 aromatic rings. The number of aromatic nitrogens is 1. The third-order valence-electron chi connectivity index (χ3n) is 5.41. The van der Waals surface area contributed by atoms with Gasteiger partial charge in [-0.1, -0.05) is 48.5 Å². The van der Waals surface area contributed by atoms with Gasteiger partial charge in [0.25, 0.3) is 0 Å². The number of pyridine rings is 1. The molecule has 1 aromatic heterocycles. The van der Waals surface area contributed by atoms with Crippen LogP contribution >= 0.6 is 0 Å². The standard InChI is InChI=1S/C25H20N/c1-17-12-13-19(15-22(17)24-11-3-4-14-26(24)2)23-16-20-9-5-7-18-8-6-10-21(23)25(18)20/h3-16H,1-2H3/q+1. The van der Waals surface area contributed by atoms with Crippen molar-refractivity contribution in [2.75, 3.05) is 0 Å². The lowest BCUT2D eigenvalue weighted by atomic mass is 9.94. The molecule has 5 rings (SSSR count). The van der Waals surface area contributed by atoms with Gasteiger partial charge in [0.05, 0.1) is 0 Å². The minimum absolute atomic E-state index is 1.24. The van der Waals surface area contributed by atoms with E-state index in [9.17, 15) is 0 Å². The van der Waals surface area contributed by atoms with E-state index in [-0.39, 0.29) is 0 Å². The molecular weight excluding hydrogens is 314 g/mol. The van der Waals surface area contributed by atoms with Crippen LogP contribution in [-0.4, -0.2) is 0 Å². The molecule has 1 heteroatoms. The van der Waals surface area contributed by atoms with Crippen LogP contribution in [0.4, 0.5) is 0 Å². The summed E-state index contributed by atoms with van der Waals surface area (Å²) in [6.07, 6.45) is 4.43. The first kappa shape index (κ1) is 15.1. The van der Waals surface area contributed by atoms with E-state index >= 15 is 0 Å². The molecule has 0 N–H and O–H groups in total. The summed E-state index contributed by atoms with van der Waals surface area (Å²) in [5.74, 6) is 0. The average Bonchev–Trinajstić information content (AvgIpc) is 3.04. The second kappa shape index (κ2) is 5.67. The summed E-state index contributed by atoms with van der Waals surface area (Å²) < 4.78 is 2.19. The first-order chi connectivity index (χ1) is 12.7. The van der Waals surface area contributed by atoms with Crippen molar-refractivity contribution in [2.45, 2.75) is 6.92 Å². The highest BCUT2D eigenvalue weighted by Crippen LogP contribution is 2.40. The summed E-state index contributed by atoms with van der Waals surface area (Å²) >= 11 is 0. The Morgan fingerprint density at radius 1 is 0.769 bits per heavy atom. The Morgan fingerprint density at radius 2 is 1.62 bits per heavy atom. The normalized spacial score (nSPS) is 12.5. The largest absolute Gasteiger partial charge is 0.212 e. The first-order valence-corrected chi connectivity index (χ1v) is 9.02. The zero-order chi connectivity index (χ0) is 17.7. The Labute approximate surface area is 153 Å². The molecule has 0 bridgehead atoms. The molecule has 0 radical (unpaired) electrons. The minimum Gasteiger partial charge on any atom is -0.201 e. The highest BCUT2D eigenvalue weighted by atomic mass is 14.9. The minimum atomic E-state index is 1.24. The third kappa shape index (κ3) is 2.21.